The van der Waals surface area contributed by atoms with Crippen molar-refractivity contribution in [1.29, 1.82) is 0 Å². The third kappa shape index (κ3) is 2.10. The zero-order valence-corrected chi connectivity index (χ0v) is 8.42. The van der Waals surface area contributed by atoms with E-state index in [1.165, 1.54) is 5.56 Å². The molecule has 1 aliphatic heterocycles. The molecule has 1 heterocycles. The lowest BCUT2D eigenvalue weighted by Crippen LogP contribution is -2.26. The molecule has 0 bridgehead atoms. The predicted molar refractivity (Wildman–Crippen MR) is 58.1 cm³/mol. The molecule has 4 nitrogen and oxygen atoms in total. The molecule has 3 N–H and O–H groups in total. The van der Waals surface area contributed by atoms with E-state index in [1.54, 1.807) is 0 Å². The molecule has 0 fully saturated rings. The maximum Gasteiger partial charge on any atom is 0.251 e. The van der Waals surface area contributed by atoms with Gasteiger partial charge in [-0.1, -0.05) is 6.07 Å². The molecule has 0 radical (unpaired) electrons. The summed E-state index contributed by atoms with van der Waals surface area (Å²) in [5, 5.41) is 14.4. The standard InChI is InChI=1S/C11H14N2O2/c14-6-5-13-11(15)9-2-1-8-3-4-12-10(8)7-9/h1-2,7,12,14H,3-6H2,(H,13,15). The van der Waals surface area contributed by atoms with E-state index in [0.717, 1.165) is 18.7 Å². The van der Waals surface area contributed by atoms with E-state index >= 15 is 0 Å². The van der Waals surface area contributed by atoms with Crippen LogP contribution in [0.25, 0.3) is 0 Å². The lowest BCUT2D eigenvalue weighted by atomic mass is 10.1. The van der Waals surface area contributed by atoms with Crippen molar-refractivity contribution < 1.29 is 9.90 Å². The van der Waals surface area contributed by atoms with Crippen LogP contribution in [0.5, 0.6) is 0 Å². The molecule has 0 atom stereocenters. The van der Waals surface area contributed by atoms with Gasteiger partial charge in [-0.25, -0.2) is 0 Å². The molecule has 80 valence electrons. The minimum atomic E-state index is -0.138. The summed E-state index contributed by atoms with van der Waals surface area (Å²) in [4.78, 5) is 11.6. The maximum atomic E-state index is 11.6. The number of hydrogen-bond acceptors (Lipinski definition) is 3. The number of rotatable bonds is 3. The van der Waals surface area contributed by atoms with Crippen molar-refractivity contribution in [3.63, 3.8) is 0 Å². The van der Waals surface area contributed by atoms with Gasteiger partial charge in [-0.3, -0.25) is 4.79 Å². The number of anilines is 1. The highest BCUT2D eigenvalue weighted by Gasteiger charge is 2.12. The summed E-state index contributed by atoms with van der Waals surface area (Å²) in [6, 6.07) is 5.65. The van der Waals surface area contributed by atoms with Crippen molar-refractivity contribution >= 4 is 11.6 Å². The summed E-state index contributed by atoms with van der Waals surface area (Å²) in [5.41, 5.74) is 2.94. The Bertz CT molecular complexity index is 377. The van der Waals surface area contributed by atoms with Crippen LogP contribution >= 0.6 is 0 Å². The molecule has 0 aliphatic carbocycles. The van der Waals surface area contributed by atoms with Gasteiger partial charge in [0.2, 0.25) is 0 Å². The normalized spacial score (nSPS) is 13.1. The van der Waals surface area contributed by atoms with Crippen LogP contribution in [0.3, 0.4) is 0 Å². The second-order valence-electron chi connectivity index (χ2n) is 3.53. The lowest BCUT2D eigenvalue weighted by Gasteiger charge is -2.05. The quantitative estimate of drug-likeness (QED) is 0.670. The third-order valence-electron chi connectivity index (χ3n) is 2.48. The number of aliphatic hydroxyl groups excluding tert-OH is 1. The van der Waals surface area contributed by atoms with Crippen LogP contribution in [-0.2, 0) is 6.42 Å². The number of fused-ring (bicyclic) bond motifs is 1. The van der Waals surface area contributed by atoms with E-state index in [0.29, 0.717) is 12.1 Å². The van der Waals surface area contributed by atoms with Crippen LogP contribution in [0.1, 0.15) is 15.9 Å². The monoisotopic (exact) mass is 206 g/mol. The molecule has 0 aromatic heterocycles. The van der Waals surface area contributed by atoms with Crippen molar-refractivity contribution in [2.45, 2.75) is 6.42 Å². The van der Waals surface area contributed by atoms with Gasteiger partial charge in [0.05, 0.1) is 6.61 Å². The Morgan fingerprint density at radius 2 is 2.40 bits per heavy atom. The largest absolute Gasteiger partial charge is 0.395 e. The molecule has 1 aromatic rings. The van der Waals surface area contributed by atoms with E-state index < -0.39 is 0 Å². The second kappa shape index (κ2) is 4.31. The number of nitrogens with one attached hydrogen (secondary N) is 2. The molecular formula is C11H14N2O2. The van der Waals surface area contributed by atoms with E-state index in [9.17, 15) is 4.79 Å². The second-order valence-corrected chi connectivity index (χ2v) is 3.53. The Kier molecular flexibility index (Phi) is 2.87. The topological polar surface area (TPSA) is 61.4 Å². The Morgan fingerprint density at radius 1 is 1.53 bits per heavy atom. The van der Waals surface area contributed by atoms with Gasteiger partial charge in [-0.2, -0.15) is 0 Å². The first-order valence-corrected chi connectivity index (χ1v) is 5.07. The highest BCUT2D eigenvalue weighted by molar-refractivity contribution is 5.95. The smallest absolute Gasteiger partial charge is 0.251 e. The van der Waals surface area contributed by atoms with Crippen LogP contribution < -0.4 is 10.6 Å². The van der Waals surface area contributed by atoms with Gasteiger partial charge in [0.15, 0.2) is 0 Å². The van der Waals surface area contributed by atoms with Crippen molar-refractivity contribution in [1.82, 2.24) is 5.32 Å². The van der Waals surface area contributed by atoms with Crippen LogP contribution in [0.4, 0.5) is 5.69 Å². The maximum absolute atomic E-state index is 11.6. The molecular weight excluding hydrogens is 192 g/mol. The van der Waals surface area contributed by atoms with Gasteiger partial charge in [-0.05, 0) is 24.1 Å². The number of hydrogen-bond donors (Lipinski definition) is 3. The molecule has 0 unspecified atom stereocenters. The van der Waals surface area contributed by atoms with Gasteiger partial charge < -0.3 is 15.7 Å². The molecule has 4 heteroatoms. The molecule has 1 amide bonds. The van der Waals surface area contributed by atoms with E-state index in [4.69, 9.17) is 5.11 Å². The lowest BCUT2D eigenvalue weighted by molar-refractivity contribution is 0.0945. The van der Waals surface area contributed by atoms with E-state index in [-0.39, 0.29) is 12.5 Å². The fourth-order valence-corrected chi connectivity index (χ4v) is 1.70. The molecule has 15 heavy (non-hydrogen) atoms. The number of carbonyl (C=O) groups excluding carboxylic acids is 1. The third-order valence-corrected chi connectivity index (χ3v) is 2.48. The van der Waals surface area contributed by atoms with Crippen molar-refractivity contribution in [2.75, 3.05) is 25.0 Å². The fraction of sp³-hybridized carbons (Fsp3) is 0.364. The van der Waals surface area contributed by atoms with Gasteiger partial charge >= 0.3 is 0 Å². The van der Waals surface area contributed by atoms with Crippen LogP contribution in [-0.4, -0.2) is 30.7 Å². The number of carbonyl (C=O) groups is 1. The number of amides is 1. The SMILES string of the molecule is O=C(NCCO)c1ccc2c(c1)NCC2. The molecule has 2 rings (SSSR count). The number of aliphatic hydroxyl groups is 1. The summed E-state index contributed by atoms with van der Waals surface area (Å²) < 4.78 is 0. The highest BCUT2D eigenvalue weighted by Crippen LogP contribution is 2.22. The first-order chi connectivity index (χ1) is 7.31. The van der Waals surface area contributed by atoms with E-state index in [2.05, 4.69) is 10.6 Å². The van der Waals surface area contributed by atoms with Gasteiger partial charge in [0.25, 0.3) is 5.91 Å². The summed E-state index contributed by atoms with van der Waals surface area (Å²) in [7, 11) is 0. The van der Waals surface area contributed by atoms with Crippen LogP contribution in [0.2, 0.25) is 0 Å². The van der Waals surface area contributed by atoms with Crippen molar-refractivity contribution in [3.8, 4) is 0 Å². The Balaban J connectivity index is 2.12. The van der Waals surface area contributed by atoms with Crippen molar-refractivity contribution in [2.24, 2.45) is 0 Å². The van der Waals surface area contributed by atoms with Gasteiger partial charge in [-0.15, -0.1) is 0 Å². The summed E-state index contributed by atoms with van der Waals surface area (Å²) in [6.07, 6.45) is 1.02. The Labute approximate surface area is 88.3 Å². The minimum absolute atomic E-state index is 0.0328. The Morgan fingerprint density at radius 3 is 3.20 bits per heavy atom. The van der Waals surface area contributed by atoms with E-state index in [1.807, 2.05) is 18.2 Å². The molecule has 0 saturated carbocycles. The predicted octanol–water partition coefficient (Wildman–Crippen LogP) is 0.377. The average Bonchev–Trinajstić information content (AvgIpc) is 2.72. The van der Waals surface area contributed by atoms with Crippen LogP contribution in [0, 0.1) is 0 Å². The zero-order chi connectivity index (χ0) is 10.7. The number of benzene rings is 1. The molecule has 0 saturated heterocycles. The first-order valence-electron chi connectivity index (χ1n) is 5.07. The van der Waals surface area contributed by atoms with Crippen LogP contribution in [0.15, 0.2) is 18.2 Å². The first kappa shape index (κ1) is 9.98. The van der Waals surface area contributed by atoms with Crippen molar-refractivity contribution in [3.05, 3.63) is 29.3 Å². The minimum Gasteiger partial charge on any atom is -0.395 e. The molecule has 1 aromatic carbocycles. The zero-order valence-electron chi connectivity index (χ0n) is 8.42. The van der Waals surface area contributed by atoms with Gasteiger partial charge in [0, 0.05) is 24.3 Å². The molecule has 0 spiro atoms. The molecule has 1 aliphatic rings. The fourth-order valence-electron chi connectivity index (χ4n) is 1.70. The summed E-state index contributed by atoms with van der Waals surface area (Å²) >= 11 is 0. The highest BCUT2D eigenvalue weighted by atomic mass is 16.3. The van der Waals surface area contributed by atoms with Gasteiger partial charge in [0.1, 0.15) is 0 Å². The Hall–Kier alpha value is -1.55. The summed E-state index contributed by atoms with van der Waals surface area (Å²) in [5.74, 6) is -0.138. The summed E-state index contributed by atoms with van der Waals surface area (Å²) in [6.45, 7) is 1.20. The average molecular weight is 206 g/mol.